The van der Waals surface area contributed by atoms with Gasteiger partial charge < -0.3 is 15.7 Å². The molecule has 0 aromatic carbocycles. The second-order valence-electron chi connectivity index (χ2n) is 5.65. The van der Waals surface area contributed by atoms with Gasteiger partial charge in [0, 0.05) is 25.9 Å². The number of thioether (sulfide) groups is 1. The van der Waals surface area contributed by atoms with Crippen molar-refractivity contribution in [3.8, 4) is 0 Å². The molecular formula is C16H30N2O4S. The molecule has 3 N–H and O–H groups in total. The Morgan fingerprint density at radius 2 is 1.57 bits per heavy atom. The first-order valence-corrected chi connectivity index (χ1v) is 9.62. The maximum absolute atomic E-state index is 11.6. The van der Waals surface area contributed by atoms with Crippen LogP contribution in [0.1, 0.15) is 51.9 Å². The number of rotatable bonds is 14. The van der Waals surface area contributed by atoms with Crippen molar-refractivity contribution in [3.05, 3.63) is 0 Å². The molecule has 0 saturated carbocycles. The molecule has 0 aliphatic heterocycles. The average Bonchev–Trinajstić information content (AvgIpc) is 2.50. The molecular weight excluding hydrogens is 316 g/mol. The fourth-order valence-corrected chi connectivity index (χ4v) is 2.43. The van der Waals surface area contributed by atoms with E-state index < -0.39 is 11.9 Å². The normalized spacial score (nSPS) is 11.7. The van der Waals surface area contributed by atoms with E-state index in [1.54, 1.807) is 0 Å². The van der Waals surface area contributed by atoms with Gasteiger partial charge in [0.05, 0.1) is 5.92 Å². The number of carboxylic acids is 1. The average molecular weight is 346 g/mol. The minimum absolute atomic E-state index is 0.00821. The number of nitrogens with one attached hydrogen (secondary N) is 2. The maximum Gasteiger partial charge on any atom is 0.306 e. The first-order valence-electron chi connectivity index (χ1n) is 8.22. The van der Waals surface area contributed by atoms with Gasteiger partial charge in [-0.15, -0.1) is 0 Å². The van der Waals surface area contributed by atoms with Crippen LogP contribution in [0.4, 0.5) is 0 Å². The minimum atomic E-state index is -0.959. The summed E-state index contributed by atoms with van der Waals surface area (Å²) < 4.78 is 0. The maximum atomic E-state index is 11.6. The SMILES string of the molecule is CSCCCCNC(=O)CCCCCNC(=O)CC(C)C(=O)O. The van der Waals surface area contributed by atoms with E-state index in [-0.39, 0.29) is 18.2 Å². The largest absolute Gasteiger partial charge is 0.481 e. The highest BCUT2D eigenvalue weighted by Gasteiger charge is 2.14. The summed E-state index contributed by atoms with van der Waals surface area (Å²) in [7, 11) is 0. The van der Waals surface area contributed by atoms with Crippen molar-refractivity contribution in [2.75, 3.05) is 25.1 Å². The smallest absolute Gasteiger partial charge is 0.306 e. The van der Waals surface area contributed by atoms with Crippen molar-refractivity contribution in [2.45, 2.75) is 51.9 Å². The number of amides is 2. The molecule has 134 valence electrons. The third-order valence-corrected chi connectivity index (χ3v) is 4.11. The zero-order valence-corrected chi connectivity index (χ0v) is 15.0. The highest BCUT2D eigenvalue weighted by atomic mass is 32.2. The zero-order chi connectivity index (χ0) is 17.5. The number of aliphatic carboxylic acids is 1. The minimum Gasteiger partial charge on any atom is -0.481 e. The van der Waals surface area contributed by atoms with E-state index >= 15 is 0 Å². The molecule has 0 rings (SSSR count). The van der Waals surface area contributed by atoms with Crippen LogP contribution < -0.4 is 10.6 Å². The molecule has 0 spiro atoms. The molecule has 2 amide bonds. The summed E-state index contributed by atoms with van der Waals surface area (Å²) in [4.78, 5) is 33.6. The highest BCUT2D eigenvalue weighted by Crippen LogP contribution is 2.03. The van der Waals surface area contributed by atoms with Crippen LogP contribution in [0, 0.1) is 5.92 Å². The Morgan fingerprint density at radius 1 is 0.957 bits per heavy atom. The molecule has 0 aromatic rings. The molecule has 0 radical (unpaired) electrons. The molecule has 0 aliphatic rings. The van der Waals surface area contributed by atoms with Crippen LogP contribution in [0.25, 0.3) is 0 Å². The summed E-state index contributed by atoms with van der Waals surface area (Å²) in [5.41, 5.74) is 0. The van der Waals surface area contributed by atoms with E-state index in [0.717, 1.165) is 44.4 Å². The molecule has 23 heavy (non-hydrogen) atoms. The molecule has 0 aliphatic carbocycles. The van der Waals surface area contributed by atoms with Crippen molar-refractivity contribution in [1.82, 2.24) is 10.6 Å². The van der Waals surface area contributed by atoms with Crippen molar-refractivity contribution >= 4 is 29.5 Å². The monoisotopic (exact) mass is 346 g/mol. The Morgan fingerprint density at radius 3 is 2.17 bits per heavy atom. The summed E-state index contributed by atoms with van der Waals surface area (Å²) in [5.74, 6) is -0.627. The van der Waals surface area contributed by atoms with Crippen molar-refractivity contribution in [2.24, 2.45) is 5.92 Å². The molecule has 7 heteroatoms. The van der Waals surface area contributed by atoms with Gasteiger partial charge in [-0.3, -0.25) is 14.4 Å². The summed E-state index contributed by atoms with van der Waals surface area (Å²) in [6, 6.07) is 0. The van der Waals surface area contributed by atoms with Gasteiger partial charge in [0.25, 0.3) is 0 Å². The zero-order valence-electron chi connectivity index (χ0n) is 14.2. The first-order chi connectivity index (χ1) is 11.0. The fourth-order valence-electron chi connectivity index (χ4n) is 1.94. The Labute approximate surface area is 143 Å². The Hall–Kier alpha value is -1.24. The fraction of sp³-hybridized carbons (Fsp3) is 0.812. The van der Waals surface area contributed by atoms with Crippen LogP contribution in [-0.4, -0.2) is 48.0 Å². The molecule has 0 fully saturated rings. The van der Waals surface area contributed by atoms with E-state index in [9.17, 15) is 14.4 Å². The van der Waals surface area contributed by atoms with Gasteiger partial charge in [-0.25, -0.2) is 0 Å². The number of carbonyl (C=O) groups excluding carboxylic acids is 2. The lowest BCUT2D eigenvalue weighted by Gasteiger charge is -2.08. The number of unbranched alkanes of at least 4 members (excludes halogenated alkanes) is 3. The van der Waals surface area contributed by atoms with Gasteiger partial charge in [-0.1, -0.05) is 13.3 Å². The van der Waals surface area contributed by atoms with Crippen LogP contribution >= 0.6 is 11.8 Å². The molecule has 6 nitrogen and oxygen atoms in total. The topological polar surface area (TPSA) is 95.5 Å². The van der Waals surface area contributed by atoms with Crippen LogP contribution in [-0.2, 0) is 14.4 Å². The Kier molecular flexibility index (Phi) is 13.6. The Balaban J connectivity index is 3.43. The molecule has 0 heterocycles. The van der Waals surface area contributed by atoms with Crippen molar-refractivity contribution in [3.63, 3.8) is 0 Å². The van der Waals surface area contributed by atoms with Gasteiger partial charge in [0.1, 0.15) is 0 Å². The van der Waals surface area contributed by atoms with E-state index in [4.69, 9.17) is 5.11 Å². The summed E-state index contributed by atoms with van der Waals surface area (Å²) in [6.07, 6.45) is 7.23. The number of carbonyl (C=O) groups is 3. The second kappa shape index (κ2) is 14.4. The quantitative estimate of drug-likeness (QED) is 0.418. The number of hydrogen-bond donors (Lipinski definition) is 3. The molecule has 0 saturated heterocycles. The van der Waals surface area contributed by atoms with E-state index in [2.05, 4.69) is 16.9 Å². The third kappa shape index (κ3) is 14.1. The standard InChI is InChI=1S/C16H30N2O4S/c1-13(16(21)22)12-15(20)18-9-5-3-4-8-14(19)17-10-6-7-11-23-2/h13H,3-12H2,1-2H3,(H,17,19)(H,18,20)(H,21,22). The van der Waals surface area contributed by atoms with Crippen LogP contribution in [0.2, 0.25) is 0 Å². The highest BCUT2D eigenvalue weighted by molar-refractivity contribution is 7.98. The molecule has 1 unspecified atom stereocenters. The molecule has 0 bridgehead atoms. The van der Waals surface area contributed by atoms with Gasteiger partial charge in [0.15, 0.2) is 0 Å². The van der Waals surface area contributed by atoms with Crippen LogP contribution in [0.5, 0.6) is 0 Å². The van der Waals surface area contributed by atoms with Gasteiger partial charge in [0.2, 0.25) is 11.8 Å². The lowest BCUT2D eigenvalue weighted by Crippen LogP contribution is -2.28. The van der Waals surface area contributed by atoms with E-state index in [0.29, 0.717) is 13.0 Å². The van der Waals surface area contributed by atoms with Gasteiger partial charge in [-0.05, 0) is 37.7 Å². The predicted octanol–water partition coefficient (Wildman–Crippen LogP) is 2.03. The van der Waals surface area contributed by atoms with Gasteiger partial charge in [-0.2, -0.15) is 11.8 Å². The molecule has 0 aromatic heterocycles. The number of carboxylic acid groups (broad SMARTS) is 1. The molecule has 1 atom stereocenters. The lowest BCUT2D eigenvalue weighted by molar-refractivity contribution is -0.143. The summed E-state index contributed by atoms with van der Waals surface area (Å²) >= 11 is 1.82. The first kappa shape index (κ1) is 21.8. The third-order valence-electron chi connectivity index (χ3n) is 3.41. The van der Waals surface area contributed by atoms with E-state index in [1.807, 2.05) is 11.8 Å². The van der Waals surface area contributed by atoms with Crippen molar-refractivity contribution < 1.29 is 19.5 Å². The lowest BCUT2D eigenvalue weighted by atomic mass is 10.1. The summed E-state index contributed by atoms with van der Waals surface area (Å²) in [6.45, 7) is 2.79. The second-order valence-corrected chi connectivity index (χ2v) is 6.64. The van der Waals surface area contributed by atoms with Crippen LogP contribution in [0.15, 0.2) is 0 Å². The van der Waals surface area contributed by atoms with E-state index in [1.165, 1.54) is 6.92 Å². The Bertz CT molecular complexity index is 364. The van der Waals surface area contributed by atoms with Crippen LogP contribution in [0.3, 0.4) is 0 Å². The summed E-state index contributed by atoms with van der Waals surface area (Å²) in [5, 5.41) is 14.3. The van der Waals surface area contributed by atoms with Gasteiger partial charge >= 0.3 is 5.97 Å². The van der Waals surface area contributed by atoms with Crippen molar-refractivity contribution in [1.29, 1.82) is 0 Å². The predicted molar refractivity (Wildman–Crippen MR) is 93.5 cm³/mol. The number of hydrogen-bond acceptors (Lipinski definition) is 4.